The largest absolute Gasteiger partial charge is 0.475 e. The molecule has 0 saturated carbocycles. The molecule has 2 fully saturated rings. The van der Waals surface area contributed by atoms with Gasteiger partial charge in [-0.2, -0.15) is 5.10 Å². The summed E-state index contributed by atoms with van der Waals surface area (Å²) >= 11 is 0. The molecule has 2 saturated heterocycles. The fourth-order valence-electron chi connectivity index (χ4n) is 5.58. The van der Waals surface area contributed by atoms with E-state index in [0.717, 1.165) is 40.7 Å². The molecular weight excluding hydrogens is 494 g/mol. The molecule has 2 aliphatic rings. The van der Waals surface area contributed by atoms with Gasteiger partial charge in [0, 0.05) is 48.2 Å². The van der Waals surface area contributed by atoms with Crippen molar-refractivity contribution >= 4 is 34.7 Å². The maximum atomic E-state index is 13.8. The predicted octanol–water partition coefficient (Wildman–Crippen LogP) is 4.76. The molecular formula is C30H37N5O4. The lowest BCUT2D eigenvalue weighted by Gasteiger charge is -2.25. The van der Waals surface area contributed by atoms with E-state index in [1.54, 1.807) is 17.1 Å². The maximum absolute atomic E-state index is 13.8. The molecule has 1 amide bonds. The van der Waals surface area contributed by atoms with Crippen LogP contribution in [0.4, 0.5) is 5.69 Å². The third kappa shape index (κ3) is 5.41. The van der Waals surface area contributed by atoms with Gasteiger partial charge in [0.15, 0.2) is 0 Å². The Balaban J connectivity index is 1.38. The van der Waals surface area contributed by atoms with E-state index in [9.17, 15) is 9.59 Å². The van der Waals surface area contributed by atoms with E-state index in [2.05, 4.69) is 11.6 Å². The summed E-state index contributed by atoms with van der Waals surface area (Å²) < 4.78 is 12.9. The zero-order chi connectivity index (χ0) is 27.9. The number of carbonyl (C=O) groups excluding carboxylic acids is 2. The first-order chi connectivity index (χ1) is 18.5. The first kappa shape index (κ1) is 26.9. The lowest BCUT2D eigenvalue weighted by Crippen LogP contribution is -2.39. The number of ether oxygens (including phenoxy) is 2. The lowest BCUT2D eigenvalue weighted by atomic mass is 9.85. The molecule has 2 aromatic heterocycles. The van der Waals surface area contributed by atoms with E-state index in [4.69, 9.17) is 14.6 Å². The number of hydrogen-bond acceptors (Lipinski definition) is 7. The zero-order valence-electron chi connectivity index (χ0n) is 23.4. The molecule has 206 valence electrons. The summed E-state index contributed by atoms with van der Waals surface area (Å²) in [6, 6.07) is 9.76. The first-order valence-electron chi connectivity index (χ1n) is 13.5. The molecule has 3 aromatic rings. The minimum Gasteiger partial charge on any atom is -0.475 e. The molecule has 4 heterocycles. The Morgan fingerprint density at radius 3 is 2.62 bits per heavy atom. The number of amides is 1. The van der Waals surface area contributed by atoms with Gasteiger partial charge in [-0.1, -0.05) is 6.58 Å². The Kier molecular flexibility index (Phi) is 6.97. The van der Waals surface area contributed by atoms with Crippen LogP contribution in [0.15, 0.2) is 43.1 Å². The molecule has 2 aliphatic heterocycles. The van der Waals surface area contributed by atoms with E-state index in [1.165, 1.54) is 0 Å². The first-order valence-corrected chi connectivity index (χ1v) is 13.5. The van der Waals surface area contributed by atoms with Crippen molar-refractivity contribution in [3.8, 4) is 17.1 Å². The van der Waals surface area contributed by atoms with Crippen molar-refractivity contribution in [2.24, 2.45) is 5.41 Å². The smallest absolute Gasteiger partial charge is 0.320 e. The molecule has 0 bridgehead atoms. The number of anilines is 1. The van der Waals surface area contributed by atoms with Gasteiger partial charge in [-0.3, -0.25) is 14.5 Å². The standard InChI is InChI=1S/C30H37N5O4/c1-7-35-24-10-9-22(16-23(24)27(32-35)21-8-11-25(31-17-21)38-20(2)3)34-15-13-30(28(34)37)12-14-33(19-30)18-26(36)39-29(4,5)6/h7-11,16-17,20H,1,12-15,18-19H2,2-6H3/t30-/m0/s1. The number of nitrogens with zero attached hydrogens (tertiary/aromatic N) is 5. The van der Waals surface area contributed by atoms with Gasteiger partial charge in [0.1, 0.15) is 11.3 Å². The Morgan fingerprint density at radius 1 is 1.18 bits per heavy atom. The van der Waals surface area contributed by atoms with Gasteiger partial charge in [0.25, 0.3) is 0 Å². The molecule has 0 N–H and O–H groups in total. The van der Waals surface area contributed by atoms with Crippen molar-refractivity contribution in [2.45, 2.75) is 59.2 Å². The second kappa shape index (κ2) is 10.1. The van der Waals surface area contributed by atoms with Crippen LogP contribution in [0.5, 0.6) is 5.88 Å². The van der Waals surface area contributed by atoms with Crippen LogP contribution in [0.2, 0.25) is 0 Å². The number of esters is 1. The molecule has 1 aromatic carbocycles. The van der Waals surface area contributed by atoms with Crippen molar-refractivity contribution in [3.63, 3.8) is 0 Å². The second-order valence-corrected chi connectivity index (χ2v) is 11.8. The maximum Gasteiger partial charge on any atom is 0.320 e. The Bertz CT molecular complexity index is 1410. The van der Waals surface area contributed by atoms with Crippen LogP contribution >= 0.6 is 0 Å². The second-order valence-electron chi connectivity index (χ2n) is 11.8. The van der Waals surface area contributed by atoms with Crippen molar-refractivity contribution in [3.05, 3.63) is 43.1 Å². The fourth-order valence-corrected chi connectivity index (χ4v) is 5.58. The Hall–Kier alpha value is -3.72. The van der Waals surface area contributed by atoms with Gasteiger partial charge in [-0.25, -0.2) is 9.67 Å². The van der Waals surface area contributed by atoms with Crippen LogP contribution in [-0.2, 0) is 14.3 Å². The molecule has 1 atom stereocenters. The number of benzene rings is 1. The molecule has 9 nitrogen and oxygen atoms in total. The van der Waals surface area contributed by atoms with Gasteiger partial charge in [0.05, 0.1) is 23.6 Å². The van der Waals surface area contributed by atoms with E-state index in [1.807, 2.05) is 74.8 Å². The van der Waals surface area contributed by atoms with Crippen LogP contribution in [-0.4, -0.2) is 69.4 Å². The monoisotopic (exact) mass is 531 g/mol. The van der Waals surface area contributed by atoms with Crippen LogP contribution in [0.3, 0.4) is 0 Å². The summed E-state index contributed by atoms with van der Waals surface area (Å²) in [5, 5.41) is 5.67. The predicted molar refractivity (Wildman–Crippen MR) is 151 cm³/mol. The van der Waals surface area contributed by atoms with Gasteiger partial charge in [0.2, 0.25) is 11.8 Å². The minimum atomic E-state index is -0.522. The van der Waals surface area contributed by atoms with Gasteiger partial charge in [-0.05, 0) is 78.3 Å². The van der Waals surface area contributed by atoms with Crippen molar-refractivity contribution in [1.29, 1.82) is 0 Å². The highest BCUT2D eigenvalue weighted by Crippen LogP contribution is 2.43. The summed E-state index contributed by atoms with van der Waals surface area (Å²) in [6.45, 7) is 15.5. The quantitative estimate of drug-likeness (QED) is 0.406. The average Bonchev–Trinajstić information content (AvgIpc) is 3.53. The summed E-state index contributed by atoms with van der Waals surface area (Å²) in [5.41, 5.74) is 2.37. The van der Waals surface area contributed by atoms with E-state index in [-0.39, 0.29) is 24.5 Å². The van der Waals surface area contributed by atoms with E-state index >= 15 is 0 Å². The number of fused-ring (bicyclic) bond motifs is 1. The summed E-state index contributed by atoms with van der Waals surface area (Å²) in [4.78, 5) is 34.5. The highest BCUT2D eigenvalue weighted by Gasteiger charge is 2.51. The highest BCUT2D eigenvalue weighted by atomic mass is 16.6. The Morgan fingerprint density at radius 2 is 1.95 bits per heavy atom. The summed E-state index contributed by atoms with van der Waals surface area (Å²) in [7, 11) is 0. The summed E-state index contributed by atoms with van der Waals surface area (Å²) in [6.07, 6.45) is 4.96. The van der Waals surface area contributed by atoms with Gasteiger partial charge in [-0.15, -0.1) is 0 Å². The van der Waals surface area contributed by atoms with Crippen LogP contribution < -0.4 is 9.64 Å². The van der Waals surface area contributed by atoms with Crippen molar-refractivity contribution < 1.29 is 19.1 Å². The van der Waals surface area contributed by atoms with Crippen LogP contribution in [0.1, 0.15) is 47.5 Å². The van der Waals surface area contributed by atoms with Crippen molar-refractivity contribution in [1.82, 2.24) is 19.7 Å². The molecule has 39 heavy (non-hydrogen) atoms. The highest BCUT2D eigenvalue weighted by molar-refractivity contribution is 6.03. The average molecular weight is 532 g/mol. The number of aromatic nitrogens is 3. The number of carbonyl (C=O) groups is 2. The molecule has 9 heteroatoms. The summed E-state index contributed by atoms with van der Waals surface area (Å²) in [5.74, 6) is 0.424. The fraction of sp³-hybridized carbons (Fsp3) is 0.467. The molecule has 0 unspecified atom stereocenters. The van der Waals surface area contributed by atoms with E-state index in [0.29, 0.717) is 25.5 Å². The normalized spacial score (nSPS) is 19.9. The molecule has 0 radical (unpaired) electrons. The number of pyridine rings is 1. The number of rotatable bonds is 7. The van der Waals surface area contributed by atoms with Gasteiger partial charge >= 0.3 is 5.97 Å². The topological polar surface area (TPSA) is 89.8 Å². The lowest BCUT2D eigenvalue weighted by molar-refractivity contribution is -0.156. The zero-order valence-corrected chi connectivity index (χ0v) is 23.4. The Labute approximate surface area is 229 Å². The molecule has 0 aliphatic carbocycles. The third-order valence-electron chi connectivity index (χ3n) is 7.26. The SMILES string of the molecule is C=Cn1nc(-c2ccc(OC(C)C)nc2)c2cc(N3CC[C@]4(CCN(CC(=O)OC(C)(C)C)C4)C3=O)ccc21. The minimum absolute atomic E-state index is 0.0391. The third-order valence-corrected chi connectivity index (χ3v) is 7.26. The van der Waals surface area contributed by atoms with Crippen LogP contribution in [0.25, 0.3) is 28.4 Å². The number of likely N-dealkylation sites (tertiary alicyclic amines) is 1. The molecule has 1 spiro atoms. The van der Waals surface area contributed by atoms with Crippen LogP contribution in [0, 0.1) is 5.41 Å². The van der Waals surface area contributed by atoms with E-state index < -0.39 is 11.0 Å². The van der Waals surface area contributed by atoms with Gasteiger partial charge < -0.3 is 14.4 Å². The van der Waals surface area contributed by atoms with Crippen molar-refractivity contribution in [2.75, 3.05) is 31.1 Å². The molecule has 5 rings (SSSR count). The number of hydrogen-bond donors (Lipinski definition) is 0.